The molecule has 0 radical (unpaired) electrons. The van der Waals surface area contributed by atoms with Crippen molar-refractivity contribution >= 4 is 0 Å². The van der Waals surface area contributed by atoms with E-state index in [0.717, 1.165) is 38.4 Å². The molecule has 17 heavy (non-hydrogen) atoms. The fraction of sp³-hybridized carbons (Fsp3) is 1.00. The van der Waals surface area contributed by atoms with Gasteiger partial charge in [0.1, 0.15) is 0 Å². The van der Waals surface area contributed by atoms with Gasteiger partial charge in [-0.2, -0.15) is 0 Å². The van der Waals surface area contributed by atoms with Gasteiger partial charge in [0.05, 0.1) is 13.2 Å². The van der Waals surface area contributed by atoms with E-state index in [9.17, 15) is 0 Å². The van der Waals surface area contributed by atoms with Crippen molar-refractivity contribution in [3.05, 3.63) is 0 Å². The summed E-state index contributed by atoms with van der Waals surface area (Å²) in [6.07, 6.45) is 9.77. The first-order valence-electron chi connectivity index (χ1n) is 7.46. The van der Waals surface area contributed by atoms with Crippen molar-refractivity contribution in [2.45, 2.75) is 77.9 Å². The van der Waals surface area contributed by atoms with Crippen LogP contribution in [0.5, 0.6) is 0 Å². The molecule has 0 saturated carbocycles. The van der Waals surface area contributed by atoms with E-state index >= 15 is 0 Å². The molecule has 0 aliphatic carbocycles. The summed E-state index contributed by atoms with van der Waals surface area (Å²) in [5.74, 6) is 0.609. The average molecular weight is 242 g/mol. The van der Waals surface area contributed by atoms with Crippen molar-refractivity contribution < 1.29 is 9.47 Å². The highest BCUT2D eigenvalue weighted by Gasteiger charge is 2.31. The van der Waals surface area contributed by atoms with Gasteiger partial charge in [-0.05, 0) is 25.2 Å². The normalized spacial score (nSPS) is 19.8. The van der Waals surface area contributed by atoms with Crippen molar-refractivity contribution in [3.8, 4) is 0 Å². The SMILES string of the molecule is CCC1(CCCCCCC(C)C)OCCCO1. The zero-order chi connectivity index (χ0) is 12.6. The first kappa shape index (κ1) is 15.0. The molecule has 1 aliphatic rings. The number of ether oxygens (including phenoxy) is 2. The summed E-state index contributed by atoms with van der Waals surface area (Å²) in [6.45, 7) is 8.53. The Morgan fingerprint density at radius 3 is 2.24 bits per heavy atom. The van der Waals surface area contributed by atoms with Crippen LogP contribution in [0.1, 0.15) is 72.1 Å². The van der Waals surface area contributed by atoms with Crippen LogP contribution in [0, 0.1) is 5.92 Å². The van der Waals surface area contributed by atoms with Crippen LogP contribution >= 0.6 is 0 Å². The molecule has 1 heterocycles. The molecule has 0 amide bonds. The number of rotatable bonds is 8. The van der Waals surface area contributed by atoms with Gasteiger partial charge >= 0.3 is 0 Å². The minimum absolute atomic E-state index is 0.240. The van der Waals surface area contributed by atoms with Gasteiger partial charge in [-0.1, -0.05) is 46.5 Å². The zero-order valence-corrected chi connectivity index (χ0v) is 12.0. The van der Waals surface area contributed by atoms with Crippen LogP contribution in [0.25, 0.3) is 0 Å². The highest BCUT2D eigenvalue weighted by Crippen LogP contribution is 2.28. The summed E-state index contributed by atoms with van der Waals surface area (Å²) in [5.41, 5.74) is 0. The van der Waals surface area contributed by atoms with Crippen LogP contribution in [-0.2, 0) is 9.47 Å². The van der Waals surface area contributed by atoms with E-state index in [1.807, 2.05) is 0 Å². The Bertz CT molecular complexity index is 183. The van der Waals surface area contributed by atoms with Crippen LogP contribution < -0.4 is 0 Å². The van der Waals surface area contributed by atoms with E-state index < -0.39 is 0 Å². The Hall–Kier alpha value is -0.0800. The van der Waals surface area contributed by atoms with Crippen molar-refractivity contribution in [3.63, 3.8) is 0 Å². The van der Waals surface area contributed by atoms with E-state index in [2.05, 4.69) is 20.8 Å². The Labute approximate surface area is 107 Å². The molecule has 1 fully saturated rings. The molecule has 1 aliphatic heterocycles. The molecule has 0 aromatic rings. The summed E-state index contributed by atoms with van der Waals surface area (Å²) < 4.78 is 11.7. The summed E-state index contributed by atoms with van der Waals surface area (Å²) in [4.78, 5) is 0. The molecule has 0 N–H and O–H groups in total. The van der Waals surface area contributed by atoms with Gasteiger partial charge in [-0.25, -0.2) is 0 Å². The van der Waals surface area contributed by atoms with E-state index in [-0.39, 0.29) is 5.79 Å². The lowest BCUT2D eigenvalue weighted by atomic mass is 10.0. The maximum Gasteiger partial charge on any atom is 0.168 e. The predicted molar refractivity (Wildman–Crippen MR) is 72.1 cm³/mol. The minimum atomic E-state index is -0.240. The van der Waals surface area contributed by atoms with Gasteiger partial charge in [0.2, 0.25) is 0 Å². The van der Waals surface area contributed by atoms with Crippen LogP contribution in [0.2, 0.25) is 0 Å². The van der Waals surface area contributed by atoms with Crippen molar-refractivity contribution in [1.82, 2.24) is 0 Å². The molecule has 1 rings (SSSR count). The maximum absolute atomic E-state index is 5.84. The second-order valence-electron chi connectivity index (χ2n) is 5.66. The molecule has 102 valence electrons. The molecule has 1 saturated heterocycles. The van der Waals surface area contributed by atoms with Gasteiger partial charge in [0, 0.05) is 6.42 Å². The fourth-order valence-corrected chi connectivity index (χ4v) is 2.44. The standard InChI is InChI=1S/C15H30O2/c1-4-15(16-12-9-13-17-15)11-8-6-5-7-10-14(2)3/h14H,4-13H2,1-3H3. The largest absolute Gasteiger partial charge is 0.350 e. The molecule has 0 spiro atoms. The monoisotopic (exact) mass is 242 g/mol. The lowest BCUT2D eigenvalue weighted by Crippen LogP contribution is -2.39. The van der Waals surface area contributed by atoms with E-state index in [0.29, 0.717) is 0 Å². The highest BCUT2D eigenvalue weighted by atomic mass is 16.7. The number of unbranched alkanes of at least 4 members (excludes halogenated alkanes) is 3. The first-order valence-corrected chi connectivity index (χ1v) is 7.46. The van der Waals surface area contributed by atoms with E-state index in [1.54, 1.807) is 0 Å². The van der Waals surface area contributed by atoms with Crippen LogP contribution in [0.4, 0.5) is 0 Å². The van der Waals surface area contributed by atoms with Gasteiger partial charge < -0.3 is 9.47 Å². The van der Waals surface area contributed by atoms with Crippen LogP contribution in [0.3, 0.4) is 0 Å². The number of hydrogen-bond acceptors (Lipinski definition) is 2. The summed E-state index contributed by atoms with van der Waals surface area (Å²) in [7, 11) is 0. The maximum atomic E-state index is 5.84. The fourth-order valence-electron chi connectivity index (χ4n) is 2.44. The smallest absolute Gasteiger partial charge is 0.168 e. The van der Waals surface area contributed by atoms with Gasteiger partial charge in [-0.15, -0.1) is 0 Å². The molecule has 2 nitrogen and oxygen atoms in total. The highest BCUT2D eigenvalue weighted by molar-refractivity contribution is 4.71. The molecule has 0 atom stereocenters. The zero-order valence-electron chi connectivity index (χ0n) is 12.0. The molecule has 0 aromatic carbocycles. The Balaban J connectivity index is 2.07. The molecule has 2 heteroatoms. The van der Waals surface area contributed by atoms with Gasteiger partial charge in [0.25, 0.3) is 0 Å². The van der Waals surface area contributed by atoms with Crippen LogP contribution in [0.15, 0.2) is 0 Å². The third-order valence-corrected chi connectivity index (χ3v) is 3.65. The summed E-state index contributed by atoms with van der Waals surface area (Å²) in [5, 5.41) is 0. The second-order valence-corrected chi connectivity index (χ2v) is 5.66. The third kappa shape index (κ3) is 5.87. The molecule has 0 unspecified atom stereocenters. The average Bonchev–Trinajstić information content (AvgIpc) is 2.34. The van der Waals surface area contributed by atoms with Crippen molar-refractivity contribution in [1.29, 1.82) is 0 Å². The first-order chi connectivity index (χ1) is 8.18. The second kappa shape index (κ2) is 8.10. The molecular weight excluding hydrogens is 212 g/mol. The minimum Gasteiger partial charge on any atom is -0.350 e. The third-order valence-electron chi connectivity index (χ3n) is 3.65. The summed E-state index contributed by atoms with van der Waals surface area (Å²) in [6, 6.07) is 0. The summed E-state index contributed by atoms with van der Waals surface area (Å²) >= 11 is 0. The van der Waals surface area contributed by atoms with E-state index in [1.165, 1.54) is 32.1 Å². The Kier molecular flexibility index (Phi) is 7.14. The lowest BCUT2D eigenvalue weighted by molar-refractivity contribution is -0.271. The topological polar surface area (TPSA) is 18.5 Å². The van der Waals surface area contributed by atoms with Crippen LogP contribution in [-0.4, -0.2) is 19.0 Å². The lowest BCUT2D eigenvalue weighted by Gasteiger charge is -2.36. The number of hydrogen-bond donors (Lipinski definition) is 0. The Morgan fingerprint density at radius 1 is 1.00 bits per heavy atom. The van der Waals surface area contributed by atoms with Gasteiger partial charge in [0.15, 0.2) is 5.79 Å². The molecular formula is C15H30O2. The predicted octanol–water partition coefficient (Wildman–Crippen LogP) is 4.53. The molecule has 0 aromatic heterocycles. The quantitative estimate of drug-likeness (QED) is 0.582. The molecule has 0 bridgehead atoms. The van der Waals surface area contributed by atoms with Crippen molar-refractivity contribution in [2.24, 2.45) is 5.92 Å². The van der Waals surface area contributed by atoms with Gasteiger partial charge in [-0.3, -0.25) is 0 Å². The Morgan fingerprint density at radius 2 is 1.65 bits per heavy atom. The van der Waals surface area contributed by atoms with E-state index in [4.69, 9.17) is 9.47 Å². The van der Waals surface area contributed by atoms with Crippen molar-refractivity contribution in [2.75, 3.05) is 13.2 Å².